The summed E-state index contributed by atoms with van der Waals surface area (Å²) >= 11 is 0. The number of carbonyl (C=O) groups is 2. The molecule has 2 heterocycles. The summed E-state index contributed by atoms with van der Waals surface area (Å²) in [7, 11) is -3.34. The van der Waals surface area contributed by atoms with Gasteiger partial charge in [0.1, 0.15) is 6.04 Å². The lowest BCUT2D eigenvalue weighted by Crippen LogP contribution is -2.54. The maximum absolute atomic E-state index is 13.0. The molecule has 3 rings (SSSR count). The number of benzene rings is 1. The fraction of sp³-hybridized carbons (Fsp3) is 0.636. The molecular formula is C22H33N3O6S. The van der Waals surface area contributed by atoms with Gasteiger partial charge in [-0.3, -0.25) is 9.59 Å². The van der Waals surface area contributed by atoms with E-state index in [1.54, 1.807) is 32.0 Å². The normalized spacial score (nSPS) is 18.1. The fourth-order valence-electron chi connectivity index (χ4n) is 3.84. The molecule has 2 aliphatic heterocycles. The third-order valence-electron chi connectivity index (χ3n) is 5.81. The number of hydrogen-bond acceptors (Lipinski definition) is 6. The third kappa shape index (κ3) is 5.53. The molecular weight excluding hydrogens is 434 g/mol. The topological polar surface area (TPSA) is 114 Å². The van der Waals surface area contributed by atoms with Gasteiger partial charge in [-0.2, -0.15) is 0 Å². The van der Waals surface area contributed by atoms with Crippen LogP contribution < -0.4 is 20.1 Å². The molecule has 0 radical (unpaired) electrons. The average Bonchev–Trinajstić information content (AvgIpc) is 3.23. The molecule has 0 aliphatic carbocycles. The Balaban J connectivity index is 1.72. The Kier molecular flexibility index (Phi) is 7.66. The Morgan fingerprint density at radius 2 is 1.75 bits per heavy atom. The van der Waals surface area contributed by atoms with E-state index in [9.17, 15) is 18.0 Å². The first-order valence-corrected chi connectivity index (χ1v) is 12.6. The summed E-state index contributed by atoms with van der Waals surface area (Å²) in [4.78, 5) is 25.9. The Bertz CT molecular complexity index is 939. The molecule has 9 nitrogen and oxygen atoms in total. The zero-order chi connectivity index (χ0) is 23.5. The van der Waals surface area contributed by atoms with Crippen LogP contribution in [0.2, 0.25) is 0 Å². The van der Waals surface area contributed by atoms with Crippen LogP contribution in [0, 0.1) is 11.8 Å². The molecule has 2 aliphatic rings. The second-order valence-corrected chi connectivity index (χ2v) is 11.5. The first kappa shape index (κ1) is 24.3. The molecule has 1 unspecified atom stereocenters. The second kappa shape index (κ2) is 10.1. The van der Waals surface area contributed by atoms with E-state index in [2.05, 4.69) is 10.6 Å². The van der Waals surface area contributed by atoms with Crippen molar-refractivity contribution >= 4 is 21.8 Å². The SMILES string of the molecule is CC(C)CNC(=O)C(NC(=O)c1ccc2c(c1)OCO2)C1CCN(S(=O)(=O)C(C)C)CC1. The van der Waals surface area contributed by atoms with Gasteiger partial charge in [0.25, 0.3) is 5.91 Å². The summed E-state index contributed by atoms with van der Waals surface area (Å²) in [6, 6.07) is 4.14. The largest absolute Gasteiger partial charge is 0.454 e. The molecule has 10 heteroatoms. The van der Waals surface area contributed by atoms with Crippen LogP contribution in [0.1, 0.15) is 50.9 Å². The number of carbonyl (C=O) groups excluding carboxylic acids is 2. The lowest BCUT2D eigenvalue weighted by Gasteiger charge is -2.36. The first-order valence-electron chi connectivity index (χ1n) is 11.1. The van der Waals surface area contributed by atoms with E-state index >= 15 is 0 Å². The minimum atomic E-state index is -3.34. The van der Waals surface area contributed by atoms with Crippen molar-refractivity contribution in [2.45, 2.75) is 51.8 Å². The summed E-state index contributed by atoms with van der Waals surface area (Å²) in [6.07, 6.45) is 0.986. The van der Waals surface area contributed by atoms with Crippen molar-refractivity contribution in [1.29, 1.82) is 0 Å². The molecule has 0 saturated carbocycles. The molecule has 1 aromatic rings. The summed E-state index contributed by atoms with van der Waals surface area (Å²) in [5.41, 5.74) is 0.371. The van der Waals surface area contributed by atoms with E-state index in [4.69, 9.17) is 9.47 Å². The number of rotatable bonds is 8. The van der Waals surface area contributed by atoms with Gasteiger partial charge in [0, 0.05) is 25.2 Å². The fourth-order valence-corrected chi connectivity index (χ4v) is 5.15. The van der Waals surface area contributed by atoms with E-state index in [1.165, 1.54) is 4.31 Å². The van der Waals surface area contributed by atoms with E-state index in [0.29, 0.717) is 49.5 Å². The highest BCUT2D eigenvalue weighted by atomic mass is 32.2. The number of fused-ring (bicyclic) bond motifs is 1. The van der Waals surface area contributed by atoms with Gasteiger partial charge in [-0.1, -0.05) is 13.8 Å². The predicted octanol–water partition coefficient (Wildman–Crippen LogP) is 1.74. The third-order valence-corrected chi connectivity index (χ3v) is 8.09. The lowest BCUT2D eigenvalue weighted by molar-refractivity contribution is -0.124. The predicted molar refractivity (Wildman–Crippen MR) is 120 cm³/mol. The average molecular weight is 468 g/mol. The van der Waals surface area contributed by atoms with Crippen molar-refractivity contribution in [3.05, 3.63) is 23.8 Å². The van der Waals surface area contributed by atoms with E-state index in [0.717, 1.165) is 0 Å². The maximum Gasteiger partial charge on any atom is 0.252 e. The van der Waals surface area contributed by atoms with E-state index < -0.39 is 21.3 Å². The molecule has 1 saturated heterocycles. The Hall–Kier alpha value is -2.33. The molecule has 2 amide bonds. The van der Waals surface area contributed by atoms with Crippen LogP contribution in [0.25, 0.3) is 0 Å². The number of piperidine rings is 1. The van der Waals surface area contributed by atoms with Crippen molar-refractivity contribution in [3.63, 3.8) is 0 Å². The monoisotopic (exact) mass is 467 g/mol. The Morgan fingerprint density at radius 3 is 2.38 bits per heavy atom. The van der Waals surface area contributed by atoms with Gasteiger partial charge in [0.05, 0.1) is 5.25 Å². The van der Waals surface area contributed by atoms with Gasteiger partial charge in [0.2, 0.25) is 22.7 Å². The molecule has 0 spiro atoms. The van der Waals surface area contributed by atoms with Crippen molar-refractivity contribution in [2.24, 2.45) is 11.8 Å². The Labute approximate surface area is 189 Å². The second-order valence-electron chi connectivity index (χ2n) is 8.99. The van der Waals surface area contributed by atoms with Gasteiger partial charge >= 0.3 is 0 Å². The van der Waals surface area contributed by atoms with Gasteiger partial charge < -0.3 is 20.1 Å². The molecule has 1 atom stereocenters. The number of nitrogens with one attached hydrogen (secondary N) is 2. The zero-order valence-electron chi connectivity index (χ0n) is 19.1. The molecule has 2 N–H and O–H groups in total. The maximum atomic E-state index is 13.0. The van der Waals surface area contributed by atoms with Gasteiger partial charge in [0.15, 0.2) is 11.5 Å². The van der Waals surface area contributed by atoms with Gasteiger partial charge in [-0.05, 0) is 56.7 Å². The zero-order valence-corrected chi connectivity index (χ0v) is 19.9. The van der Waals surface area contributed by atoms with Crippen LogP contribution in [0.3, 0.4) is 0 Å². The van der Waals surface area contributed by atoms with Crippen molar-refractivity contribution in [3.8, 4) is 11.5 Å². The van der Waals surface area contributed by atoms with Crippen molar-refractivity contribution in [2.75, 3.05) is 26.4 Å². The Morgan fingerprint density at radius 1 is 1.09 bits per heavy atom. The van der Waals surface area contributed by atoms with Crippen molar-refractivity contribution in [1.82, 2.24) is 14.9 Å². The summed E-state index contributed by atoms with van der Waals surface area (Å²) < 4.78 is 37.1. The van der Waals surface area contributed by atoms with Gasteiger partial charge in [-0.15, -0.1) is 0 Å². The van der Waals surface area contributed by atoms with Crippen molar-refractivity contribution < 1.29 is 27.5 Å². The molecule has 178 valence electrons. The molecule has 0 bridgehead atoms. The van der Waals surface area contributed by atoms with Crippen LogP contribution in [-0.4, -0.2) is 62.3 Å². The van der Waals surface area contributed by atoms with Crippen LogP contribution in [-0.2, 0) is 14.8 Å². The highest BCUT2D eigenvalue weighted by Crippen LogP contribution is 2.32. The van der Waals surface area contributed by atoms with Gasteiger partial charge in [-0.25, -0.2) is 12.7 Å². The first-order chi connectivity index (χ1) is 15.1. The summed E-state index contributed by atoms with van der Waals surface area (Å²) in [5, 5.41) is 5.30. The number of hydrogen-bond donors (Lipinski definition) is 2. The van der Waals surface area contributed by atoms with Crippen LogP contribution in [0.4, 0.5) is 0 Å². The van der Waals surface area contributed by atoms with E-state index in [1.807, 2.05) is 13.8 Å². The quantitative estimate of drug-likeness (QED) is 0.602. The lowest BCUT2D eigenvalue weighted by atomic mass is 9.89. The summed E-state index contributed by atoms with van der Waals surface area (Å²) in [6.45, 7) is 8.59. The van der Waals surface area contributed by atoms with E-state index in [-0.39, 0.29) is 30.4 Å². The number of sulfonamides is 1. The number of nitrogens with zero attached hydrogens (tertiary/aromatic N) is 1. The number of ether oxygens (including phenoxy) is 2. The van der Waals surface area contributed by atoms with Crippen LogP contribution in [0.15, 0.2) is 18.2 Å². The highest BCUT2D eigenvalue weighted by molar-refractivity contribution is 7.89. The molecule has 0 aromatic heterocycles. The molecule has 32 heavy (non-hydrogen) atoms. The minimum Gasteiger partial charge on any atom is -0.454 e. The smallest absolute Gasteiger partial charge is 0.252 e. The molecule has 1 fully saturated rings. The van der Waals surface area contributed by atoms with Crippen LogP contribution in [0.5, 0.6) is 11.5 Å². The standard InChI is InChI=1S/C22H33N3O6S/c1-14(2)12-23-22(27)20(16-7-9-25(10-8-16)32(28,29)15(3)4)24-21(26)17-5-6-18-19(11-17)31-13-30-18/h5-6,11,14-16,20H,7-10,12-13H2,1-4H3,(H,23,27)(H,24,26). The summed E-state index contributed by atoms with van der Waals surface area (Å²) in [5.74, 6) is 0.529. The molecule has 1 aromatic carbocycles. The minimum absolute atomic E-state index is 0.110. The number of amides is 2. The highest BCUT2D eigenvalue weighted by Gasteiger charge is 2.36. The van der Waals surface area contributed by atoms with Crippen LogP contribution >= 0.6 is 0 Å².